The molecule has 6 nitrogen and oxygen atoms in total. The van der Waals surface area contributed by atoms with Crippen LogP contribution in [0, 0.1) is 0 Å². The van der Waals surface area contributed by atoms with Crippen LogP contribution < -0.4 is 10.2 Å². The summed E-state index contributed by atoms with van der Waals surface area (Å²) >= 11 is 0. The molecule has 2 aromatic rings. The van der Waals surface area contributed by atoms with Crippen LogP contribution in [0.25, 0.3) is 0 Å². The molecule has 0 aliphatic carbocycles. The highest BCUT2D eigenvalue weighted by Crippen LogP contribution is 2.18. The van der Waals surface area contributed by atoms with Gasteiger partial charge in [-0.2, -0.15) is 0 Å². The van der Waals surface area contributed by atoms with Gasteiger partial charge in [0.05, 0.1) is 12.7 Å². The van der Waals surface area contributed by atoms with Crippen molar-refractivity contribution in [2.45, 2.75) is 6.92 Å². The Balaban J connectivity index is 2.06. The monoisotopic (exact) mass is 326 g/mol. The number of carbonyl (C=O) groups excluding carboxylic acids is 3. The van der Waals surface area contributed by atoms with E-state index in [2.05, 4.69) is 10.1 Å². The Bertz CT molecular complexity index is 752. The van der Waals surface area contributed by atoms with Crippen LogP contribution in [0.15, 0.2) is 48.5 Å². The normalized spacial score (nSPS) is 9.96. The van der Waals surface area contributed by atoms with Gasteiger partial charge >= 0.3 is 5.97 Å². The van der Waals surface area contributed by atoms with E-state index in [4.69, 9.17) is 0 Å². The molecule has 0 unspecified atom stereocenters. The van der Waals surface area contributed by atoms with Crippen LogP contribution in [0.2, 0.25) is 0 Å². The average molecular weight is 326 g/mol. The van der Waals surface area contributed by atoms with E-state index in [1.165, 1.54) is 31.1 Å². The summed E-state index contributed by atoms with van der Waals surface area (Å²) in [6, 6.07) is 13.1. The Morgan fingerprint density at radius 1 is 0.917 bits per heavy atom. The molecule has 0 bridgehead atoms. The maximum atomic E-state index is 12.2. The molecule has 0 saturated heterocycles. The van der Waals surface area contributed by atoms with Crippen molar-refractivity contribution < 1.29 is 19.1 Å². The number of anilines is 2. The van der Waals surface area contributed by atoms with Crippen molar-refractivity contribution in [3.05, 3.63) is 59.7 Å². The summed E-state index contributed by atoms with van der Waals surface area (Å²) in [7, 11) is 2.98. The second kappa shape index (κ2) is 7.41. The lowest BCUT2D eigenvalue weighted by molar-refractivity contribution is -0.116. The second-order valence-electron chi connectivity index (χ2n) is 5.15. The van der Waals surface area contributed by atoms with Crippen molar-refractivity contribution >= 4 is 29.2 Å². The minimum Gasteiger partial charge on any atom is -0.465 e. The first-order valence-electron chi connectivity index (χ1n) is 7.26. The fourth-order valence-corrected chi connectivity index (χ4v) is 2.03. The number of nitrogens with zero attached hydrogens (tertiary/aromatic N) is 1. The molecule has 0 aliphatic heterocycles. The molecule has 2 rings (SSSR count). The van der Waals surface area contributed by atoms with Gasteiger partial charge in [-0.25, -0.2) is 4.79 Å². The fraction of sp³-hybridized carbons (Fsp3) is 0.167. The Kier molecular flexibility index (Phi) is 5.31. The highest BCUT2D eigenvalue weighted by Gasteiger charge is 2.10. The number of methoxy groups -OCH3 is 1. The molecule has 0 aliphatic rings. The van der Waals surface area contributed by atoms with Crippen molar-refractivity contribution in [2.75, 3.05) is 24.4 Å². The first-order valence-corrected chi connectivity index (χ1v) is 7.26. The van der Waals surface area contributed by atoms with E-state index >= 15 is 0 Å². The maximum Gasteiger partial charge on any atom is 0.337 e. The highest BCUT2D eigenvalue weighted by molar-refractivity contribution is 6.05. The fourth-order valence-electron chi connectivity index (χ4n) is 2.03. The van der Waals surface area contributed by atoms with Crippen LogP contribution >= 0.6 is 0 Å². The van der Waals surface area contributed by atoms with Crippen molar-refractivity contribution in [2.24, 2.45) is 0 Å². The lowest BCUT2D eigenvalue weighted by Crippen LogP contribution is -2.22. The Labute approximate surface area is 140 Å². The van der Waals surface area contributed by atoms with Crippen LogP contribution in [0.3, 0.4) is 0 Å². The van der Waals surface area contributed by atoms with Gasteiger partial charge in [0.1, 0.15) is 0 Å². The number of ether oxygens (including phenoxy) is 1. The largest absolute Gasteiger partial charge is 0.465 e. The number of hydrogen-bond donors (Lipinski definition) is 1. The Morgan fingerprint density at radius 3 is 1.96 bits per heavy atom. The molecule has 124 valence electrons. The molecule has 1 N–H and O–H groups in total. The van der Waals surface area contributed by atoms with Gasteiger partial charge in [-0.1, -0.05) is 0 Å². The quantitative estimate of drug-likeness (QED) is 0.877. The van der Waals surface area contributed by atoms with Gasteiger partial charge in [-0.3, -0.25) is 9.59 Å². The molecule has 0 spiro atoms. The van der Waals surface area contributed by atoms with Gasteiger partial charge in [0.2, 0.25) is 5.91 Å². The number of carbonyl (C=O) groups is 3. The van der Waals surface area contributed by atoms with Crippen LogP contribution in [0.4, 0.5) is 11.4 Å². The molecular formula is C18H18N2O4. The summed E-state index contributed by atoms with van der Waals surface area (Å²) < 4.78 is 4.61. The van der Waals surface area contributed by atoms with Crippen molar-refractivity contribution in [3.63, 3.8) is 0 Å². The molecule has 0 saturated carbocycles. The number of hydrogen-bond acceptors (Lipinski definition) is 4. The third kappa shape index (κ3) is 3.98. The van der Waals surface area contributed by atoms with Crippen LogP contribution in [-0.2, 0) is 9.53 Å². The first-order chi connectivity index (χ1) is 11.4. The van der Waals surface area contributed by atoms with E-state index in [0.29, 0.717) is 16.8 Å². The Hall–Kier alpha value is -3.15. The summed E-state index contributed by atoms with van der Waals surface area (Å²) in [4.78, 5) is 36.4. The third-order valence-corrected chi connectivity index (χ3v) is 3.55. The zero-order chi connectivity index (χ0) is 17.7. The summed E-state index contributed by atoms with van der Waals surface area (Å²) in [5.41, 5.74) is 2.15. The molecule has 0 atom stereocenters. The number of rotatable bonds is 4. The summed E-state index contributed by atoms with van der Waals surface area (Å²) in [6.45, 7) is 1.48. The van der Waals surface area contributed by atoms with Crippen molar-refractivity contribution in [1.82, 2.24) is 0 Å². The van der Waals surface area contributed by atoms with E-state index in [1.807, 2.05) is 0 Å². The molecule has 6 heteroatoms. The highest BCUT2D eigenvalue weighted by atomic mass is 16.5. The van der Waals surface area contributed by atoms with E-state index in [1.54, 1.807) is 43.4 Å². The SMILES string of the molecule is COC(=O)c1ccc(C(=O)Nc2ccc(N(C)C(C)=O)cc2)cc1. The number of amides is 2. The van der Waals surface area contributed by atoms with Gasteiger partial charge < -0.3 is 15.0 Å². The molecule has 0 heterocycles. The molecule has 0 aromatic heterocycles. The number of esters is 1. The van der Waals surface area contributed by atoms with Crippen LogP contribution in [-0.4, -0.2) is 31.9 Å². The zero-order valence-corrected chi connectivity index (χ0v) is 13.7. The van der Waals surface area contributed by atoms with E-state index in [0.717, 1.165) is 5.69 Å². The maximum absolute atomic E-state index is 12.2. The predicted octanol–water partition coefficient (Wildman–Crippen LogP) is 2.71. The molecule has 24 heavy (non-hydrogen) atoms. The summed E-state index contributed by atoms with van der Waals surface area (Å²) in [6.07, 6.45) is 0. The zero-order valence-electron chi connectivity index (χ0n) is 13.7. The van der Waals surface area contributed by atoms with Gasteiger partial charge in [0.25, 0.3) is 5.91 Å². The lowest BCUT2D eigenvalue weighted by Gasteiger charge is -2.15. The molecule has 0 fully saturated rings. The van der Waals surface area contributed by atoms with Gasteiger partial charge in [0.15, 0.2) is 0 Å². The average Bonchev–Trinajstić information content (AvgIpc) is 2.61. The van der Waals surface area contributed by atoms with Gasteiger partial charge in [-0.05, 0) is 48.5 Å². The smallest absolute Gasteiger partial charge is 0.337 e. The molecule has 0 radical (unpaired) electrons. The van der Waals surface area contributed by atoms with Gasteiger partial charge in [0, 0.05) is 30.9 Å². The number of nitrogens with one attached hydrogen (secondary N) is 1. The molecule has 2 aromatic carbocycles. The van der Waals surface area contributed by atoms with Crippen molar-refractivity contribution in [3.8, 4) is 0 Å². The lowest BCUT2D eigenvalue weighted by atomic mass is 10.1. The van der Waals surface area contributed by atoms with E-state index in [-0.39, 0.29) is 11.8 Å². The predicted molar refractivity (Wildman–Crippen MR) is 91.3 cm³/mol. The topological polar surface area (TPSA) is 75.7 Å². The number of benzene rings is 2. The van der Waals surface area contributed by atoms with Crippen LogP contribution in [0.5, 0.6) is 0 Å². The minimum absolute atomic E-state index is 0.0718. The second-order valence-corrected chi connectivity index (χ2v) is 5.15. The van der Waals surface area contributed by atoms with E-state index in [9.17, 15) is 14.4 Å². The van der Waals surface area contributed by atoms with Crippen molar-refractivity contribution in [1.29, 1.82) is 0 Å². The first kappa shape index (κ1) is 17.2. The molecular weight excluding hydrogens is 308 g/mol. The standard InChI is InChI=1S/C18H18N2O4/c1-12(21)20(2)16-10-8-15(9-11-16)19-17(22)13-4-6-14(7-5-13)18(23)24-3/h4-11H,1-3H3,(H,19,22). The summed E-state index contributed by atoms with van der Waals surface area (Å²) in [5.74, 6) is -0.816. The minimum atomic E-state index is -0.452. The van der Waals surface area contributed by atoms with Gasteiger partial charge in [-0.15, -0.1) is 0 Å². The van der Waals surface area contributed by atoms with Crippen LogP contribution in [0.1, 0.15) is 27.6 Å². The Morgan fingerprint density at radius 2 is 1.46 bits per heavy atom. The van der Waals surface area contributed by atoms with E-state index < -0.39 is 5.97 Å². The third-order valence-electron chi connectivity index (χ3n) is 3.55. The molecule has 2 amide bonds. The summed E-state index contributed by atoms with van der Waals surface area (Å²) in [5, 5.41) is 2.76.